The zero-order chi connectivity index (χ0) is 17.5. The summed E-state index contributed by atoms with van der Waals surface area (Å²) in [5.41, 5.74) is 2.54. The molecule has 5 nitrogen and oxygen atoms in total. The molecule has 1 N–H and O–H groups in total. The molecule has 2 saturated carbocycles. The number of pyridine rings is 1. The highest BCUT2D eigenvalue weighted by Crippen LogP contribution is 2.51. The van der Waals surface area contributed by atoms with Gasteiger partial charge in [0.2, 0.25) is 0 Å². The first-order valence-corrected chi connectivity index (χ1v) is 9.23. The van der Waals surface area contributed by atoms with Crippen molar-refractivity contribution >= 4 is 11.6 Å². The Hall–Kier alpha value is -2.17. The molecule has 1 amide bonds. The maximum Gasteiger partial charge on any atom is 0.270 e. The highest BCUT2D eigenvalue weighted by atomic mass is 16.2. The maximum absolute atomic E-state index is 12.7. The zero-order valence-corrected chi connectivity index (χ0v) is 15.1. The van der Waals surface area contributed by atoms with Gasteiger partial charge in [0.1, 0.15) is 12.4 Å². The van der Waals surface area contributed by atoms with Gasteiger partial charge in [-0.3, -0.25) is 9.79 Å². The third kappa shape index (κ3) is 2.96. The molecule has 1 aromatic rings. The topological polar surface area (TPSA) is 57.6 Å². The number of amides is 1. The van der Waals surface area contributed by atoms with Gasteiger partial charge < -0.3 is 10.2 Å². The second-order valence-corrected chi connectivity index (χ2v) is 7.88. The predicted molar refractivity (Wildman–Crippen MR) is 98.6 cm³/mol. The number of fused-ring (bicyclic) bond motifs is 2. The van der Waals surface area contributed by atoms with Crippen LogP contribution < -0.4 is 5.32 Å². The minimum Gasteiger partial charge on any atom is -0.353 e. The van der Waals surface area contributed by atoms with Crippen molar-refractivity contribution in [3.8, 4) is 0 Å². The predicted octanol–water partition coefficient (Wildman–Crippen LogP) is 3.21. The molecule has 3 aliphatic rings. The molecule has 2 unspecified atom stereocenters. The molecule has 2 fully saturated rings. The van der Waals surface area contributed by atoms with Gasteiger partial charge in [-0.1, -0.05) is 6.07 Å². The minimum absolute atomic E-state index is 0.0375. The van der Waals surface area contributed by atoms with E-state index in [1.54, 1.807) is 6.07 Å². The third-order valence-electron chi connectivity index (χ3n) is 6.11. The quantitative estimate of drug-likeness (QED) is 0.921. The molecule has 0 saturated heterocycles. The van der Waals surface area contributed by atoms with E-state index in [1.165, 1.54) is 6.42 Å². The van der Waals surface area contributed by atoms with Crippen LogP contribution >= 0.6 is 0 Å². The van der Waals surface area contributed by atoms with Gasteiger partial charge in [-0.15, -0.1) is 0 Å². The molecular formula is C20H26N4O. The molecule has 0 aromatic carbocycles. The largest absolute Gasteiger partial charge is 0.353 e. The fourth-order valence-electron chi connectivity index (χ4n) is 4.79. The summed E-state index contributed by atoms with van der Waals surface area (Å²) in [6.07, 6.45) is 10.9. The first kappa shape index (κ1) is 16.3. The molecule has 4 rings (SSSR count). The fourth-order valence-corrected chi connectivity index (χ4v) is 4.79. The van der Waals surface area contributed by atoms with Gasteiger partial charge in [0.25, 0.3) is 5.91 Å². The number of rotatable bonds is 3. The second-order valence-electron chi connectivity index (χ2n) is 7.88. The number of aryl methyl sites for hydroxylation is 1. The van der Waals surface area contributed by atoms with E-state index in [4.69, 9.17) is 0 Å². The number of hydrogen-bond acceptors (Lipinski definition) is 4. The molecule has 1 aromatic heterocycles. The summed E-state index contributed by atoms with van der Waals surface area (Å²) in [4.78, 5) is 24.1. The van der Waals surface area contributed by atoms with Gasteiger partial charge in [-0.25, -0.2) is 4.98 Å². The molecule has 25 heavy (non-hydrogen) atoms. The Morgan fingerprint density at radius 3 is 2.84 bits per heavy atom. The van der Waals surface area contributed by atoms with Crippen LogP contribution in [0.25, 0.3) is 0 Å². The van der Waals surface area contributed by atoms with E-state index in [1.807, 2.05) is 26.0 Å². The van der Waals surface area contributed by atoms with Crippen LogP contribution in [0.3, 0.4) is 0 Å². The van der Waals surface area contributed by atoms with E-state index >= 15 is 0 Å². The summed E-state index contributed by atoms with van der Waals surface area (Å²) >= 11 is 0. The monoisotopic (exact) mass is 338 g/mol. The number of nitrogens with one attached hydrogen (secondary N) is 1. The maximum atomic E-state index is 12.7. The van der Waals surface area contributed by atoms with Crippen LogP contribution in [0.4, 0.5) is 0 Å². The van der Waals surface area contributed by atoms with Crippen LogP contribution in [0.15, 0.2) is 35.5 Å². The van der Waals surface area contributed by atoms with Gasteiger partial charge in [-0.2, -0.15) is 0 Å². The molecule has 2 bridgehead atoms. The van der Waals surface area contributed by atoms with Crippen LogP contribution in [-0.2, 0) is 0 Å². The summed E-state index contributed by atoms with van der Waals surface area (Å²) in [6.45, 7) is 4.70. The van der Waals surface area contributed by atoms with Crippen LogP contribution in [0.1, 0.15) is 61.6 Å². The van der Waals surface area contributed by atoms with Crippen LogP contribution in [0, 0.1) is 6.92 Å². The molecule has 0 spiro atoms. The average molecular weight is 338 g/mol. The summed E-state index contributed by atoms with van der Waals surface area (Å²) in [6, 6.07) is 5.62. The highest BCUT2D eigenvalue weighted by Gasteiger charge is 2.54. The third-order valence-corrected chi connectivity index (χ3v) is 6.11. The Labute approximate surface area is 149 Å². The van der Waals surface area contributed by atoms with Crippen molar-refractivity contribution in [2.24, 2.45) is 4.99 Å². The fraction of sp³-hybridized carbons (Fsp3) is 0.550. The van der Waals surface area contributed by atoms with Crippen molar-refractivity contribution in [1.82, 2.24) is 15.2 Å². The SMILES string of the molecule is CC1=NCN(C23CCCC(NC(=O)c4cccc(C)n4)(CC2)C3)C=C1. The Kier molecular flexibility index (Phi) is 3.89. The Balaban J connectivity index is 1.51. The second kappa shape index (κ2) is 5.97. The van der Waals surface area contributed by atoms with Crippen molar-refractivity contribution in [1.29, 1.82) is 0 Å². The number of carbonyl (C=O) groups is 1. The van der Waals surface area contributed by atoms with E-state index in [-0.39, 0.29) is 17.0 Å². The lowest BCUT2D eigenvalue weighted by atomic mass is 9.77. The number of aliphatic imine (C=N–C) groups is 1. The van der Waals surface area contributed by atoms with Crippen molar-refractivity contribution in [2.75, 3.05) is 6.67 Å². The van der Waals surface area contributed by atoms with Crippen LogP contribution in [0.5, 0.6) is 0 Å². The average Bonchev–Trinajstić information content (AvgIpc) is 2.86. The molecule has 0 radical (unpaired) electrons. The molecule has 2 atom stereocenters. The van der Waals surface area contributed by atoms with Gasteiger partial charge >= 0.3 is 0 Å². The summed E-state index contributed by atoms with van der Waals surface area (Å²) in [5.74, 6) is -0.0375. The lowest BCUT2D eigenvalue weighted by Crippen LogP contribution is -2.54. The summed E-state index contributed by atoms with van der Waals surface area (Å²) in [5, 5.41) is 3.35. The Morgan fingerprint density at radius 1 is 1.20 bits per heavy atom. The van der Waals surface area contributed by atoms with Crippen LogP contribution in [0.2, 0.25) is 0 Å². The number of hydrogen-bond donors (Lipinski definition) is 1. The molecule has 2 heterocycles. The van der Waals surface area contributed by atoms with Gasteiger partial charge in [0, 0.05) is 28.7 Å². The van der Waals surface area contributed by atoms with Crippen molar-refractivity contribution in [2.45, 2.75) is 63.5 Å². The molecule has 2 aliphatic carbocycles. The molecular weight excluding hydrogens is 312 g/mol. The highest BCUT2D eigenvalue weighted by molar-refractivity contribution is 5.93. The van der Waals surface area contributed by atoms with E-state index in [9.17, 15) is 4.79 Å². The minimum atomic E-state index is -0.0925. The van der Waals surface area contributed by atoms with Crippen molar-refractivity contribution in [3.63, 3.8) is 0 Å². The number of allylic oxidation sites excluding steroid dienone is 1. The first-order chi connectivity index (χ1) is 12.0. The first-order valence-electron chi connectivity index (χ1n) is 9.23. The lowest BCUT2D eigenvalue weighted by molar-refractivity contribution is 0.0768. The molecule has 1 aliphatic heterocycles. The van der Waals surface area contributed by atoms with Crippen LogP contribution in [-0.4, -0.2) is 39.2 Å². The smallest absolute Gasteiger partial charge is 0.270 e. The number of aromatic nitrogens is 1. The summed E-state index contributed by atoms with van der Waals surface area (Å²) in [7, 11) is 0. The van der Waals surface area contributed by atoms with E-state index in [2.05, 4.69) is 32.5 Å². The van der Waals surface area contributed by atoms with E-state index in [0.29, 0.717) is 5.69 Å². The lowest BCUT2D eigenvalue weighted by Gasteiger charge is -2.46. The normalized spacial score (nSPS) is 31.0. The Bertz CT molecular complexity index is 756. The van der Waals surface area contributed by atoms with Gasteiger partial charge in [0.05, 0.1) is 0 Å². The van der Waals surface area contributed by atoms with Crippen molar-refractivity contribution < 1.29 is 4.79 Å². The molecule has 132 valence electrons. The zero-order valence-electron chi connectivity index (χ0n) is 15.1. The number of carbonyl (C=O) groups excluding carboxylic acids is 1. The van der Waals surface area contributed by atoms with Crippen molar-refractivity contribution in [3.05, 3.63) is 41.9 Å². The molecule has 5 heteroatoms. The Morgan fingerprint density at radius 2 is 2.08 bits per heavy atom. The standard InChI is InChI=1S/C20H26N4O/c1-15-7-12-24(14-21-15)20-9-4-8-19(13-20,10-11-20)23-18(25)17-6-3-5-16(2)22-17/h3,5-7,12H,4,8-11,13-14H2,1-2H3,(H,23,25). The van der Waals surface area contributed by atoms with E-state index in [0.717, 1.165) is 50.2 Å². The van der Waals surface area contributed by atoms with E-state index < -0.39 is 0 Å². The van der Waals surface area contributed by atoms with Gasteiger partial charge in [0.15, 0.2) is 0 Å². The van der Waals surface area contributed by atoms with Gasteiger partial charge in [-0.05, 0) is 70.6 Å². The number of nitrogens with zero attached hydrogens (tertiary/aromatic N) is 3. The summed E-state index contributed by atoms with van der Waals surface area (Å²) < 4.78 is 0.